The maximum absolute atomic E-state index is 5.29. The lowest BCUT2D eigenvalue weighted by Crippen LogP contribution is -2.05. The van der Waals surface area contributed by atoms with Crippen LogP contribution in [0.2, 0.25) is 0 Å². The van der Waals surface area contributed by atoms with E-state index in [4.69, 9.17) is 6.42 Å². The van der Waals surface area contributed by atoms with Crippen molar-refractivity contribution in [2.45, 2.75) is 31.1 Å². The lowest BCUT2D eigenvalue weighted by molar-refractivity contribution is 0.634. The predicted molar refractivity (Wildman–Crippen MR) is 55.4 cm³/mol. The highest BCUT2D eigenvalue weighted by Crippen LogP contribution is 2.51. The summed E-state index contributed by atoms with van der Waals surface area (Å²) in [6.45, 7) is 0. The van der Waals surface area contributed by atoms with Crippen LogP contribution in [0.25, 0.3) is 0 Å². The molecule has 0 bridgehead atoms. The molecule has 1 saturated carbocycles. The summed E-state index contributed by atoms with van der Waals surface area (Å²) in [4.78, 5) is 0. The van der Waals surface area contributed by atoms with Gasteiger partial charge in [0.25, 0.3) is 0 Å². The molecule has 13 heavy (non-hydrogen) atoms. The molecule has 0 N–H and O–H groups in total. The van der Waals surface area contributed by atoms with Crippen LogP contribution in [-0.4, -0.2) is 0 Å². The van der Waals surface area contributed by atoms with Crippen molar-refractivity contribution >= 4 is 0 Å². The molecule has 0 aliphatic heterocycles. The van der Waals surface area contributed by atoms with Crippen molar-refractivity contribution in [1.29, 1.82) is 0 Å². The SMILES string of the molecule is C#CCCC1(c2ccccc2)CC1. The van der Waals surface area contributed by atoms with E-state index in [1.807, 2.05) is 0 Å². The molecule has 1 aliphatic rings. The second-order valence-electron chi connectivity index (χ2n) is 3.85. The summed E-state index contributed by atoms with van der Waals surface area (Å²) >= 11 is 0. The molecule has 0 spiro atoms. The highest BCUT2D eigenvalue weighted by Gasteiger charge is 2.42. The lowest BCUT2D eigenvalue weighted by Gasteiger charge is -2.13. The lowest BCUT2D eigenvalue weighted by atomic mass is 9.91. The number of rotatable bonds is 3. The Morgan fingerprint density at radius 3 is 2.46 bits per heavy atom. The molecule has 0 heteroatoms. The predicted octanol–water partition coefficient (Wildman–Crippen LogP) is 3.13. The first kappa shape index (κ1) is 8.38. The van der Waals surface area contributed by atoms with Crippen molar-refractivity contribution in [3.63, 3.8) is 0 Å². The first-order chi connectivity index (χ1) is 6.37. The number of terminal acetylenes is 1. The number of hydrogen-bond donors (Lipinski definition) is 0. The van der Waals surface area contributed by atoms with Crippen molar-refractivity contribution in [3.05, 3.63) is 35.9 Å². The Bertz CT molecular complexity index is 312. The van der Waals surface area contributed by atoms with Crippen molar-refractivity contribution in [2.24, 2.45) is 0 Å². The quantitative estimate of drug-likeness (QED) is 0.611. The third-order valence-electron chi connectivity index (χ3n) is 2.99. The van der Waals surface area contributed by atoms with E-state index in [1.165, 1.54) is 18.4 Å². The molecule has 0 heterocycles. The monoisotopic (exact) mass is 170 g/mol. The van der Waals surface area contributed by atoms with Gasteiger partial charge in [0.2, 0.25) is 0 Å². The molecule has 0 radical (unpaired) electrons. The highest BCUT2D eigenvalue weighted by atomic mass is 14.5. The number of hydrogen-bond acceptors (Lipinski definition) is 0. The fraction of sp³-hybridized carbons (Fsp3) is 0.385. The molecule has 1 aliphatic carbocycles. The fourth-order valence-corrected chi connectivity index (χ4v) is 1.94. The largest absolute Gasteiger partial charge is 0.120 e. The summed E-state index contributed by atoms with van der Waals surface area (Å²) < 4.78 is 0. The van der Waals surface area contributed by atoms with Crippen LogP contribution >= 0.6 is 0 Å². The number of benzene rings is 1. The molecule has 0 atom stereocenters. The van der Waals surface area contributed by atoms with Gasteiger partial charge in [-0.3, -0.25) is 0 Å². The third-order valence-corrected chi connectivity index (χ3v) is 2.99. The van der Waals surface area contributed by atoms with Gasteiger partial charge in [0.15, 0.2) is 0 Å². The molecule has 0 saturated heterocycles. The second kappa shape index (κ2) is 3.26. The van der Waals surface area contributed by atoms with E-state index in [1.54, 1.807) is 0 Å². The van der Waals surface area contributed by atoms with Gasteiger partial charge in [-0.05, 0) is 30.2 Å². The van der Waals surface area contributed by atoms with Gasteiger partial charge in [0.05, 0.1) is 0 Å². The molecule has 0 nitrogen and oxygen atoms in total. The van der Waals surface area contributed by atoms with E-state index in [2.05, 4.69) is 36.3 Å². The Labute approximate surface area is 80.0 Å². The molecule has 0 unspecified atom stereocenters. The van der Waals surface area contributed by atoms with Crippen LogP contribution in [0.15, 0.2) is 30.3 Å². The van der Waals surface area contributed by atoms with E-state index in [-0.39, 0.29) is 0 Å². The van der Waals surface area contributed by atoms with Gasteiger partial charge < -0.3 is 0 Å². The Hall–Kier alpha value is -1.22. The molecule has 1 aromatic rings. The first-order valence-corrected chi connectivity index (χ1v) is 4.86. The van der Waals surface area contributed by atoms with Crippen molar-refractivity contribution in [1.82, 2.24) is 0 Å². The van der Waals surface area contributed by atoms with Gasteiger partial charge in [0, 0.05) is 6.42 Å². The van der Waals surface area contributed by atoms with Crippen LogP contribution in [0, 0.1) is 12.3 Å². The van der Waals surface area contributed by atoms with Gasteiger partial charge in [-0.2, -0.15) is 0 Å². The van der Waals surface area contributed by atoms with Crippen molar-refractivity contribution < 1.29 is 0 Å². The summed E-state index contributed by atoms with van der Waals surface area (Å²) in [6, 6.07) is 10.8. The van der Waals surface area contributed by atoms with Gasteiger partial charge in [-0.1, -0.05) is 30.3 Å². The molecule has 66 valence electrons. The Morgan fingerprint density at radius 2 is 1.92 bits per heavy atom. The standard InChI is InChI=1S/C13H14/c1-2-3-9-13(10-11-13)12-7-5-4-6-8-12/h1,4-8H,3,9-11H2. The van der Waals surface area contributed by atoms with Gasteiger partial charge >= 0.3 is 0 Å². The zero-order chi connectivity index (χ0) is 9.15. The maximum atomic E-state index is 5.29. The Kier molecular flexibility index (Phi) is 2.10. The van der Waals surface area contributed by atoms with Crippen LogP contribution in [0.3, 0.4) is 0 Å². The minimum atomic E-state index is 0.452. The van der Waals surface area contributed by atoms with E-state index >= 15 is 0 Å². The average molecular weight is 170 g/mol. The second-order valence-corrected chi connectivity index (χ2v) is 3.85. The van der Waals surface area contributed by atoms with Crippen molar-refractivity contribution in [3.8, 4) is 12.3 Å². The van der Waals surface area contributed by atoms with Gasteiger partial charge in [-0.25, -0.2) is 0 Å². The Balaban J connectivity index is 2.13. The van der Waals surface area contributed by atoms with Crippen LogP contribution in [-0.2, 0) is 5.41 Å². The fourth-order valence-electron chi connectivity index (χ4n) is 1.94. The molecule has 1 fully saturated rings. The highest BCUT2D eigenvalue weighted by molar-refractivity contribution is 5.31. The van der Waals surface area contributed by atoms with Crippen molar-refractivity contribution in [2.75, 3.05) is 0 Å². The molecule has 2 rings (SSSR count). The third kappa shape index (κ3) is 1.60. The first-order valence-electron chi connectivity index (χ1n) is 4.86. The van der Waals surface area contributed by atoms with Crippen LogP contribution < -0.4 is 0 Å². The van der Waals surface area contributed by atoms with E-state index in [0.29, 0.717) is 5.41 Å². The minimum absolute atomic E-state index is 0.452. The normalized spacial score (nSPS) is 17.8. The van der Waals surface area contributed by atoms with E-state index in [0.717, 1.165) is 12.8 Å². The zero-order valence-corrected chi connectivity index (χ0v) is 7.79. The van der Waals surface area contributed by atoms with Gasteiger partial charge in [-0.15, -0.1) is 12.3 Å². The molecule has 0 amide bonds. The summed E-state index contributed by atoms with van der Waals surface area (Å²) in [5.41, 5.74) is 1.93. The van der Waals surface area contributed by atoms with Crippen LogP contribution in [0.5, 0.6) is 0 Å². The summed E-state index contributed by atoms with van der Waals surface area (Å²) in [6.07, 6.45) is 10.00. The summed E-state index contributed by atoms with van der Waals surface area (Å²) in [5, 5.41) is 0. The molecule has 0 aromatic heterocycles. The average Bonchev–Trinajstić information content (AvgIpc) is 2.97. The van der Waals surface area contributed by atoms with E-state index in [9.17, 15) is 0 Å². The Morgan fingerprint density at radius 1 is 1.23 bits per heavy atom. The smallest absolute Gasteiger partial charge is 0.00945 e. The molecular formula is C13H14. The van der Waals surface area contributed by atoms with Crippen LogP contribution in [0.1, 0.15) is 31.2 Å². The minimum Gasteiger partial charge on any atom is -0.120 e. The summed E-state index contributed by atoms with van der Waals surface area (Å²) in [5.74, 6) is 2.73. The van der Waals surface area contributed by atoms with E-state index < -0.39 is 0 Å². The summed E-state index contributed by atoms with van der Waals surface area (Å²) in [7, 11) is 0. The van der Waals surface area contributed by atoms with Gasteiger partial charge in [0.1, 0.15) is 0 Å². The zero-order valence-electron chi connectivity index (χ0n) is 7.79. The topological polar surface area (TPSA) is 0 Å². The van der Waals surface area contributed by atoms with Crippen LogP contribution in [0.4, 0.5) is 0 Å². The maximum Gasteiger partial charge on any atom is 0.00945 e. The molecular weight excluding hydrogens is 156 g/mol. The molecule has 1 aromatic carbocycles.